The van der Waals surface area contributed by atoms with Crippen LogP contribution in [0.2, 0.25) is 0 Å². The molecule has 0 radical (unpaired) electrons. The van der Waals surface area contributed by atoms with Gasteiger partial charge in [-0.25, -0.2) is 0 Å². The van der Waals surface area contributed by atoms with Crippen LogP contribution in [0, 0.1) is 11.8 Å². The van der Waals surface area contributed by atoms with Gasteiger partial charge in [-0.15, -0.1) is 11.3 Å². The maximum Gasteiger partial charge on any atom is 0.220 e. The van der Waals surface area contributed by atoms with Gasteiger partial charge in [-0.3, -0.25) is 4.79 Å². The Bertz CT molecular complexity index is 415. The van der Waals surface area contributed by atoms with Crippen LogP contribution in [-0.2, 0) is 11.3 Å². The van der Waals surface area contributed by atoms with Crippen molar-refractivity contribution in [2.75, 3.05) is 6.54 Å². The average molecular weight is 250 g/mol. The van der Waals surface area contributed by atoms with E-state index >= 15 is 0 Å². The fourth-order valence-electron chi connectivity index (χ4n) is 1.29. The molecule has 0 bridgehead atoms. The zero-order chi connectivity index (χ0) is 12.5. The lowest BCUT2D eigenvalue weighted by atomic mass is 10.2. The van der Waals surface area contributed by atoms with Crippen LogP contribution in [0.5, 0.6) is 0 Å². The molecule has 1 rings (SSSR count). The molecular weight excluding hydrogens is 232 g/mol. The van der Waals surface area contributed by atoms with Crippen LogP contribution in [0.15, 0.2) is 12.1 Å². The number of nitrogens with one attached hydrogen (secondary N) is 1. The van der Waals surface area contributed by atoms with Crippen LogP contribution in [0.4, 0.5) is 0 Å². The van der Waals surface area contributed by atoms with Crippen molar-refractivity contribution in [3.8, 4) is 11.8 Å². The number of carbonyl (C=O) groups excluding carboxylic acids is 1. The smallest absolute Gasteiger partial charge is 0.220 e. The minimum atomic E-state index is 0.120. The summed E-state index contributed by atoms with van der Waals surface area (Å²) in [6.45, 7) is 3.05. The molecule has 92 valence electrons. The summed E-state index contributed by atoms with van der Waals surface area (Å²) in [7, 11) is 0. The summed E-state index contributed by atoms with van der Waals surface area (Å²) in [6, 6.07) is 3.95. The molecule has 1 heterocycles. The lowest BCUT2D eigenvalue weighted by Crippen LogP contribution is -2.21. The maximum absolute atomic E-state index is 11.4. The largest absolute Gasteiger partial charge is 0.351 e. The summed E-state index contributed by atoms with van der Waals surface area (Å²) in [4.78, 5) is 13.5. The number of carbonyl (C=O) groups is 1. The van der Waals surface area contributed by atoms with Gasteiger partial charge in [-0.1, -0.05) is 25.2 Å². The Balaban J connectivity index is 2.36. The molecule has 0 saturated carbocycles. The SMILES string of the molecule is CCCCC(=O)NCc1ccc(C#CCN)s1. The van der Waals surface area contributed by atoms with Gasteiger partial charge in [0.2, 0.25) is 5.91 Å². The third kappa shape index (κ3) is 5.53. The second-order valence-electron chi connectivity index (χ2n) is 3.65. The molecule has 4 heteroatoms. The van der Waals surface area contributed by atoms with Crippen LogP contribution in [-0.4, -0.2) is 12.5 Å². The van der Waals surface area contributed by atoms with Crippen molar-refractivity contribution in [3.05, 3.63) is 21.9 Å². The van der Waals surface area contributed by atoms with Crippen molar-refractivity contribution < 1.29 is 4.79 Å². The number of hydrogen-bond acceptors (Lipinski definition) is 3. The normalized spacial score (nSPS) is 9.53. The Morgan fingerprint density at radius 1 is 1.53 bits per heavy atom. The van der Waals surface area contributed by atoms with Crippen LogP contribution in [0.25, 0.3) is 0 Å². The lowest BCUT2D eigenvalue weighted by Gasteiger charge is -2.01. The molecule has 0 aliphatic rings. The summed E-state index contributed by atoms with van der Waals surface area (Å²) in [5, 5.41) is 2.90. The Morgan fingerprint density at radius 3 is 3.06 bits per heavy atom. The minimum absolute atomic E-state index is 0.120. The summed E-state index contributed by atoms with van der Waals surface area (Å²) in [6.07, 6.45) is 2.61. The Kier molecular flexibility index (Phi) is 6.38. The topological polar surface area (TPSA) is 55.1 Å². The summed E-state index contributed by atoms with van der Waals surface area (Å²) < 4.78 is 0. The fourth-order valence-corrected chi connectivity index (χ4v) is 2.11. The standard InChI is InChI=1S/C13H18N2OS/c1-2-3-6-13(16)15-10-12-8-7-11(17-12)5-4-9-14/h7-8H,2-3,6,9-10,14H2,1H3,(H,15,16). The van der Waals surface area contributed by atoms with E-state index in [1.165, 1.54) is 0 Å². The second-order valence-corrected chi connectivity index (χ2v) is 4.82. The van der Waals surface area contributed by atoms with E-state index in [2.05, 4.69) is 24.1 Å². The van der Waals surface area contributed by atoms with Gasteiger partial charge in [0, 0.05) is 11.3 Å². The first-order valence-corrected chi connectivity index (χ1v) is 6.62. The van der Waals surface area contributed by atoms with Gasteiger partial charge in [0.05, 0.1) is 18.0 Å². The first-order valence-electron chi connectivity index (χ1n) is 5.80. The zero-order valence-corrected chi connectivity index (χ0v) is 10.9. The molecule has 1 amide bonds. The molecule has 0 fully saturated rings. The number of rotatable bonds is 5. The molecule has 0 aromatic carbocycles. The molecule has 3 N–H and O–H groups in total. The summed E-state index contributed by atoms with van der Waals surface area (Å²) in [5.41, 5.74) is 5.30. The van der Waals surface area contributed by atoms with Crippen LogP contribution < -0.4 is 11.1 Å². The highest BCUT2D eigenvalue weighted by Crippen LogP contribution is 2.15. The third-order valence-electron chi connectivity index (χ3n) is 2.19. The van der Waals surface area contributed by atoms with E-state index in [4.69, 9.17) is 5.73 Å². The van der Waals surface area contributed by atoms with Crippen LogP contribution >= 0.6 is 11.3 Å². The molecule has 1 aromatic heterocycles. The number of unbranched alkanes of at least 4 members (excludes halogenated alkanes) is 1. The number of nitrogens with two attached hydrogens (primary N) is 1. The molecule has 0 spiro atoms. The lowest BCUT2D eigenvalue weighted by molar-refractivity contribution is -0.121. The molecule has 0 aliphatic heterocycles. The van der Waals surface area contributed by atoms with Crippen LogP contribution in [0.1, 0.15) is 35.9 Å². The van der Waals surface area contributed by atoms with E-state index in [9.17, 15) is 4.79 Å². The highest BCUT2D eigenvalue weighted by Gasteiger charge is 2.02. The second kappa shape index (κ2) is 7.88. The highest BCUT2D eigenvalue weighted by molar-refractivity contribution is 7.12. The molecule has 0 aliphatic carbocycles. The van der Waals surface area contributed by atoms with Crippen molar-refractivity contribution >= 4 is 17.2 Å². The van der Waals surface area contributed by atoms with E-state index in [1.54, 1.807) is 11.3 Å². The van der Waals surface area contributed by atoms with E-state index < -0.39 is 0 Å². The van der Waals surface area contributed by atoms with Crippen molar-refractivity contribution in [1.29, 1.82) is 0 Å². The Hall–Kier alpha value is -1.31. The quantitative estimate of drug-likeness (QED) is 0.784. The van der Waals surface area contributed by atoms with Crippen molar-refractivity contribution in [2.24, 2.45) is 5.73 Å². The van der Waals surface area contributed by atoms with Crippen molar-refractivity contribution in [2.45, 2.75) is 32.7 Å². The molecule has 0 unspecified atom stereocenters. The van der Waals surface area contributed by atoms with Crippen molar-refractivity contribution in [3.63, 3.8) is 0 Å². The predicted molar refractivity (Wildman–Crippen MR) is 71.6 cm³/mol. The van der Waals surface area contributed by atoms with Gasteiger partial charge in [0.1, 0.15) is 0 Å². The monoisotopic (exact) mass is 250 g/mol. The van der Waals surface area contributed by atoms with E-state index in [1.807, 2.05) is 12.1 Å². The van der Waals surface area contributed by atoms with Gasteiger partial charge in [0.25, 0.3) is 0 Å². The first-order chi connectivity index (χ1) is 8.26. The molecular formula is C13H18N2OS. The number of hydrogen-bond donors (Lipinski definition) is 2. The summed E-state index contributed by atoms with van der Waals surface area (Å²) >= 11 is 1.59. The molecule has 0 atom stereocenters. The highest BCUT2D eigenvalue weighted by atomic mass is 32.1. The Labute approximate surface area is 106 Å². The fraction of sp³-hybridized carbons (Fsp3) is 0.462. The zero-order valence-electron chi connectivity index (χ0n) is 10.1. The van der Waals surface area contributed by atoms with E-state index in [0.29, 0.717) is 19.5 Å². The van der Waals surface area contributed by atoms with Gasteiger partial charge in [-0.2, -0.15) is 0 Å². The van der Waals surface area contributed by atoms with Gasteiger partial charge in [-0.05, 0) is 18.6 Å². The summed E-state index contributed by atoms with van der Waals surface area (Å²) in [5.74, 6) is 5.91. The minimum Gasteiger partial charge on any atom is -0.351 e. The molecule has 1 aromatic rings. The van der Waals surface area contributed by atoms with Gasteiger partial charge >= 0.3 is 0 Å². The predicted octanol–water partition coefficient (Wildman–Crippen LogP) is 1.86. The molecule has 17 heavy (non-hydrogen) atoms. The van der Waals surface area contributed by atoms with Gasteiger partial charge < -0.3 is 11.1 Å². The Morgan fingerprint density at radius 2 is 2.35 bits per heavy atom. The molecule has 3 nitrogen and oxygen atoms in total. The maximum atomic E-state index is 11.4. The number of thiophene rings is 1. The van der Waals surface area contributed by atoms with E-state index in [-0.39, 0.29) is 5.91 Å². The third-order valence-corrected chi connectivity index (χ3v) is 3.19. The molecule has 0 saturated heterocycles. The van der Waals surface area contributed by atoms with Crippen LogP contribution in [0.3, 0.4) is 0 Å². The van der Waals surface area contributed by atoms with Gasteiger partial charge in [0.15, 0.2) is 0 Å². The number of amides is 1. The average Bonchev–Trinajstić information content (AvgIpc) is 2.79. The van der Waals surface area contributed by atoms with E-state index in [0.717, 1.165) is 22.6 Å². The first kappa shape index (κ1) is 13.8. The van der Waals surface area contributed by atoms with Crippen molar-refractivity contribution in [1.82, 2.24) is 5.32 Å².